The Kier molecular flexibility index (Phi) is 8.53. The van der Waals surface area contributed by atoms with Crippen LogP contribution in [0.3, 0.4) is 0 Å². The minimum Gasteiger partial charge on any atom is -0.444 e. The predicted octanol–water partition coefficient (Wildman–Crippen LogP) is 5.42. The highest BCUT2D eigenvalue weighted by molar-refractivity contribution is 6.37. The Morgan fingerprint density at radius 1 is 1.07 bits per heavy atom. The van der Waals surface area contributed by atoms with Crippen LogP contribution in [-0.4, -0.2) is 79.7 Å². The summed E-state index contributed by atoms with van der Waals surface area (Å²) < 4.78 is 10.7. The normalized spacial score (nSPS) is 15.3. The Labute approximate surface area is 245 Å². The van der Waals surface area contributed by atoms with Crippen LogP contribution >= 0.6 is 11.6 Å². The first-order valence-corrected chi connectivity index (χ1v) is 14.1. The third kappa shape index (κ3) is 6.83. The molecule has 1 aromatic carbocycles. The number of hydrogen-bond acceptors (Lipinski definition) is 8. The molecule has 1 aliphatic heterocycles. The van der Waals surface area contributed by atoms with E-state index in [4.69, 9.17) is 26.1 Å². The van der Waals surface area contributed by atoms with Gasteiger partial charge in [-0.25, -0.2) is 19.7 Å². The molecule has 1 saturated heterocycles. The molecule has 1 atom stereocenters. The van der Waals surface area contributed by atoms with Gasteiger partial charge in [0.15, 0.2) is 0 Å². The summed E-state index contributed by atoms with van der Waals surface area (Å²) in [7, 11) is 1.63. The van der Waals surface area contributed by atoms with Crippen LogP contribution in [0.2, 0.25) is 5.02 Å². The molecule has 1 amide bonds. The molecule has 0 spiro atoms. The number of benzene rings is 1. The van der Waals surface area contributed by atoms with Crippen molar-refractivity contribution in [2.45, 2.75) is 52.4 Å². The summed E-state index contributed by atoms with van der Waals surface area (Å²) in [5, 5.41) is 0.535. The van der Waals surface area contributed by atoms with E-state index in [1.165, 1.54) is 11.9 Å². The fourth-order valence-corrected chi connectivity index (χ4v) is 5.30. The zero-order valence-electron chi connectivity index (χ0n) is 24.1. The minimum atomic E-state index is -0.493. The van der Waals surface area contributed by atoms with Crippen molar-refractivity contribution in [3.8, 4) is 11.3 Å². The number of carbonyl (C=O) groups excluding carboxylic acids is 1. The summed E-state index contributed by atoms with van der Waals surface area (Å²) in [6, 6.07) is 10.1. The van der Waals surface area contributed by atoms with Crippen LogP contribution in [0.15, 0.2) is 42.9 Å². The third-order valence-corrected chi connectivity index (χ3v) is 7.50. The molecule has 4 aromatic rings. The van der Waals surface area contributed by atoms with E-state index < -0.39 is 5.60 Å². The highest BCUT2D eigenvalue weighted by Gasteiger charge is 2.28. The molecule has 216 valence electrons. The van der Waals surface area contributed by atoms with Gasteiger partial charge in [-0.15, -0.1) is 0 Å². The average molecular weight is 578 g/mol. The fraction of sp³-hybridized carbons (Fsp3) is 0.433. The molecule has 3 aromatic heterocycles. The summed E-state index contributed by atoms with van der Waals surface area (Å²) in [6.07, 6.45) is 3.65. The molecular formula is C30H36ClN7O3. The van der Waals surface area contributed by atoms with Crippen LogP contribution in [0.4, 0.5) is 4.79 Å². The molecule has 4 heterocycles. The van der Waals surface area contributed by atoms with Crippen molar-refractivity contribution in [1.29, 1.82) is 0 Å². The van der Waals surface area contributed by atoms with Crippen molar-refractivity contribution in [3.05, 3.63) is 70.7 Å². The smallest absolute Gasteiger partial charge is 0.410 e. The van der Waals surface area contributed by atoms with Gasteiger partial charge in [-0.05, 0) is 63.6 Å². The summed E-state index contributed by atoms with van der Waals surface area (Å²) in [6.45, 7) is 11.1. The number of aromatic amines is 1. The van der Waals surface area contributed by atoms with E-state index in [0.29, 0.717) is 36.7 Å². The van der Waals surface area contributed by atoms with Gasteiger partial charge in [0.1, 0.15) is 23.3 Å². The molecule has 10 nitrogen and oxygen atoms in total. The molecule has 1 fully saturated rings. The number of nitrogens with one attached hydrogen (secondary N) is 1. The van der Waals surface area contributed by atoms with E-state index in [0.717, 1.165) is 47.1 Å². The van der Waals surface area contributed by atoms with Gasteiger partial charge < -0.3 is 19.4 Å². The zero-order valence-corrected chi connectivity index (χ0v) is 24.9. The van der Waals surface area contributed by atoms with E-state index in [1.54, 1.807) is 12.0 Å². The van der Waals surface area contributed by atoms with E-state index in [-0.39, 0.29) is 12.1 Å². The van der Waals surface area contributed by atoms with Crippen molar-refractivity contribution < 1.29 is 14.3 Å². The van der Waals surface area contributed by atoms with Gasteiger partial charge in [-0.2, -0.15) is 0 Å². The number of carbonyl (C=O) groups is 1. The van der Waals surface area contributed by atoms with Crippen LogP contribution in [0.1, 0.15) is 56.5 Å². The monoisotopic (exact) mass is 577 g/mol. The number of methoxy groups -OCH3 is 1. The number of aromatic nitrogens is 5. The number of ether oxygens (including phenoxy) is 2. The van der Waals surface area contributed by atoms with Crippen LogP contribution in [0, 0.1) is 0 Å². The Balaban J connectivity index is 1.27. The third-order valence-electron chi connectivity index (χ3n) is 7.12. The molecule has 1 unspecified atom stereocenters. The second-order valence-corrected chi connectivity index (χ2v) is 11.6. The van der Waals surface area contributed by atoms with Crippen LogP contribution in [0.25, 0.3) is 22.3 Å². The quantitative estimate of drug-likeness (QED) is 0.310. The molecule has 5 rings (SSSR count). The van der Waals surface area contributed by atoms with E-state index in [1.807, 2.05) is 45.2 Å². The van der Waals surface area contributed by atoms with Gasteiger partial charge in [-0.3, -0.25) is 9.88 Å². The molecule has 1 aliphatic rings. The lowest BCUT2D eigenvalue weighted by Crippen LogP contribution is -2.50. The molecule has 41 heavy (non-hydrogen) atoms. The summed E-state index contributed by atoms with van der Waals surface area (Å²) in [5.41, 5.74) is 5.43. The van der Waals surface area contributed by atoms with Crippen molar-refractivity contribution in [3.63, 3.8) is 0 Å². The van der Waals surface area contributed by atoms with E-state index in [9.17, 15) is 4.79 Å². The average Bonchev–Trinajstić information content (AvgIpc) is 3.36. The van der Waals surface area contributed by atoms with Crippen LogP contribution < -0.4 is 0 Å². The van der Waals surface area contributed by atoms with Gasteiger partial charge >= 0.3 is 6.09 Å². The number of pyridine rings is 1. The number of amides is 1. The zero-order chi connectivity index (χ0) is 29.1. The number of fused-ring (bicyclic) bond motifs is 1. The number of imidazole rings is 1. The lowest BCUT2D eigenvalue weighted by atomic mass is 10.1. The maximum atomic E-state index is 12.4. The van der Waals surface area contributed by atoms with Crippen molar-refractivity contribution in [2.24, 2.45) is 0 Å². The first-order valence-electron chi connectivity index (χ1n) is 13.8. The van der Waals surface area contributed by atoms with Crippen LogP contribution in [-0.2, 0) is 22.5 Å². The molecule has 0 radical (unpaired) electrons. The predicted molar refractivity (Wildman–Crippen MR) is 158 cm³/mol. The van der Waals surface area contributed by atoms with Gasteiger partial charge in [0.2, 0.25) is 0 Å². The molecule has 0 bridgehead atoms. The molecule has 0 aliphatic carbocycles. The fourth-order valence-electron chi connectivity index (χ4n) is 5.00. The second-order valence-electron chi connectivity index (χ2n) is 11.3. The number of hydrogen-bond donors (Lipinski definition) is 1. The Morgan fingerprint density at radius 2 is 1.85 bits per heavy atom. The topological polar surface area (TPSA) is 109 Å². The molecular weight excluding hydrogens is 542 g/mol. The Bertz CT molecular complexity index is 1530. The first-order chi connectivity index (χ1) is 19.6. The van der Waals surface area contributed by atoms with E-state index >= 15 is 0 Å². The highest BCUT2D eigenvalue weighted by Crippen LogP contribution is 2.33. The largest absolute Gasteiger partial charge is 0.444 e. The van der Waals surface area contributed by atoms with Gasteiger partial charge in [0, 0.05) is 63.2 Å². The van der Waals surface area contributed by atoms with Crippen molar-refractivity contribution in [1.82, 2.24) is 34.7 Å². The van der Waals surface area contributed by atoms with Crippen LogP contribution in [0.5, 0.6) is 0 Å². The number of rotatable bonds is 7. The number of halogens is 1. The Morgan fingerprint density at radius 3 is 2.59 bits per heavy atom. The number of H-pyrrole nitrogens is 1. The molecule has 0 saturated carbocycles. The molecule has 1 N–H and O–H groups in total. The SMILES string of the molecule is COCc1cc(-c2ccc3[nH]c(Cc4cc(C(C)N5CCN(C(=O)OC(C)(C)C)CC5)ccn4)nc3c2Cl)ncn1. The lowest BCUT2D eigenvalue weighted by molar-refractivity contribution is 0.0110. The number of nitrogens with zero attached hydrogens (tertiary/aromatic N) is 6. The summed E-state index contributed by atoms with van der Waals surface area (Å²) in [5.74, 6) is 0.782. The maximum absolute atomic E-state index is 12.4. The van der Waals surface area contributed by atoms with Gasteiger partial charge in [-0.1, -0.05) is 11.6 Å². The highest BCUT2D eigenvalue weighted by atomic mass is 35.5. The summed E-state index contributed by atoms with van der Waals surface area (Å²) in [4.78, 5) is 38.1. The van der Waals surface area contributed by atoms with Crippen molar-refractivity contribution in [2.75, 3.05) is 33.3 Å². The minimum absolute atomic E-state index is 0.182. The van der Waals surface area contributed by atoms with Crippen molar-refractivity contribution >= 4 is 28.7 Å². The molecule has 11 heteroatoms. The maximum Gasteiger partial charge on any atom is 0.410 e. The lowest BCUT2D eigenvalue weighted by Gasteiger charge is -2.38. The first kappa shape index (κ1) is 28.9. The standard InChI is InChI=1S/C30H36ClN7O3/c1-19(37-10-12-38(13-11-37)29(39)41-30(2,3)4)20-8-9-32-21(14-20)16-26-35-24-7-6-23(27(31)28(24)36-26)25-15-22(17-40-5)33-18-34-25/h6-9,14-15,18-19H,10-13,16-17H2,1-5H3,(H,35,36). The second kappa shape index (κ2) is 12.1. The Hall–Kier alpha value is -3.60. The van der Waals surface area contributed by atoms with Gasteiger partial charge in [0.25, 0.3) is 0 Å². The van der Waals surface area contributed by atoms with E-state index in [2.05, 4.69) is 43.9 Å². The summed E-state index contributed by atoms with van der Waals surface area (Å²) >= 11 is 6.81. The number of piperazine rings is 1. The van der Waals surface area contributed by atoms with Gasteiger partial charge in [0.05, 0.1) is 28.5 Å².